The van der Waals surface area contributed by atoms with Crippen LogP contribution in [0, 0.1) is 0 Å². The Morgan fingerprint density at radius 2 is 1.21 bits per heavy atom. The van der Waals surface area contributed by atoms with Crippen molar-refractivity contribution in [1.82, 2.24) is 0 Å². The minimum Gasteiger partial charge on any atom is -0.456 e. The van der Waals surface area contributed by atoms with E-state index in [4.69, 9.17) is 4.42 Å². The Labute approximate surface area is 166 Å². The fraction of sp³-hybridized carbons (Fsp3) is 0. The third-order valence-electron chi connectivity index (χ3n) is 5.62. The zero-order valence-electron chi connectivity index (χ0n) is 15.3. The Bertz CT molecular complexity index is 1450. The van der Waals surface area contributed by atoms with Gasteiger partial charge in [-0.2, -0.15) is 0 Å². The SMILES string of the molecule is O=C1c2ccccc2C(=O)c2c1cc(-c1cc3ccccc3o1)c1ccccc21. The molecule has 0 bridgehead atoms. The van der Waals surface area contributed by atoms with Crippen molar-refractivity contribution >= 4 is 33.3 Å². The van der Waals surface area contributed by atoms with Crippen LogP contribution < -0.4 is 0 Å². The van der Waals surface area contributed by atoms with Crippen LogP contribution in [0.25, 0.3) is 33.1 Å². The average molecular weight is 374 g/mol. The van der Waals surface area contributed by atoms with Crippen LogP contribution in [0.3, 0.4) is 0 Å². The summed E-state index contributed by atoms with van der Waals surface area (Å²) >= 11 is 0. The molecule has 1 aliphatic carbocycles. The molecule has 1 aliphatic rings. The number of benzene rings is 4. The van der Waals surface area contributed by atoms with Gasteiger partial charge in [0.15, 0.2) is 11.6 Å². The molecule has 3 heteroatoms. The van der Waals surface area contributed by atoms with E-state index in [0.29, 0.717) is 28.0 Å². The van der Waals surface area contributed by atoms with Gasteiger partial charge >= 0.3 is 0 Å². The van der Waals surface area contributed by atoms with Crippen molar-refractivity contribution in [3.05, 3.63) is 107 Å². The van der Waals surface area contributed by atoms with Gasteiger partial charge in [-0.05, 0) is 29.0 Å². The molecule has 29 heavy (non-hydrogen) atoms. The minimum atomic E-state index is -0.127. The largest absolute Gasteiger partial charge is 0.456 e. The maximum absolute atomic E-state index is 13.3. The molecule has 136 valence electrons. The highest BCUT2D eigenvalue weighted by Gasteiger charge is 2.32. The summed E-state index contributed by atoms with van der Waals surface area (Å²) in [5, 5.41) is 2.66. The van der Waals surface area contributed by atoms with Gasteiger partial charge in [0.25, 0.3) is 0 Å². The summed E-state index contributed by atoms with van der Waals surface area (Å²) in [4.78, 5) is 26.6. The Morgan fingerprint density at radius 1 is 0.552 bits per heavy atom. The smallest absolute Gasteiger partial charge is 0.195 e. The van der Waals surface area contributed by atoms with E-state index >= 15 is 0 Å². The lowest BCUT2D eigenvalue weighted by atomic mass is 9.80. The Morgan fingerprint density at radius 3 is 2.00 bits per heavy atom. The van der Waals surface area contributed by atoms with Crippen LogP contribution in [0.2, 0.25) is 0 Å². The van der Waals surface area contributed by atoms with Crippen LogP contribution in [0.1, 0.15) is 31.8 Å². The summed E-state index contributed by atoms with van der Waals surface area (Å²) in [7, 11) is 0. The summed E-state index contributed by atoms with van der Waals surface area (Å²) in [6, 6.07) is 26.3. The molecule has 0 saturated carbocycles. The third kappa shape index (κ3) is 2.18. The highest BCUT2D eigenvalue weighted by molar-refractivity contribution is 6.33. The van der Waals surface area contributed by atoms with Crippen molar-refractivity contribution in [1.29, 1.82) is 0 Å². The molecule has 0 radical (unpaired) electrons. The van der Waals surface area contributed by atoms with Gasteiger partial charge in [0, 0.05) is 33.2 Å². The highest BCUT2D eigenvalue weighted by atomic mass is 16.3. The second-order valence-corrected chi connectivity index (χ2v) is 7.24. The number of hydrogen-bond acceptors (Lipinski definition) is 3. The van der Waals surface area contributed by atoms with Crippen molar-refractivity contribution in [3.8, 4) is 11.3 Å². The fourth-order valence-electron chi connectivity index (χ4n) is 4.28. The minimum absolute atomic E-state index is 0.109. The van der Waals surface area contributed by atoms with Crippen LogP contribution in [0.5, 0.6) is 0 Å². The van der Waals surface area contributed by atoms with Crippen LogP contribution in [0.4, 0.5) is 0 Å². The molecule has 5 aromatic rings. The standard InChI is InChI=1S/C26H14O3/c27-25-18-10-4-5-11-19(18)26(28)24-17-9-3-2-8-16(17)20(14-21(24)25)23-13-15-7-1-6-12-22(15)29-23/h1-14H. The van der Waals surface area contributed by atoms with Gasteiger partial charge in [-0.15, -0.1) is 0 Å². The second kappa shape index (κ2) is 5.76. The second-order valence-electron chi connectivity index (χ2n) is 7.24. The number of hydrogen-bond donors (Lipinski definition) is 0. The van der Waals surface area contributed by atoms with Crippen molar-refractivity contribution < 1.29 is 14.0 Å². The molecule has 0 saturated heterocycles. The Balaban J connectivity index is 1.71. The predicted octanol–water partition coefficient (Wildman–Crippen LogP) is 6.03. The van der Waals surface area contributed by atoms with E-state index in [-0.39, 0.29) is 11.6 Å². The number of carbonyl (C=O) groups is 2. The molecule has 1 heterocycles. The third-order valence-corrected chi connectivity index (χ3v) is 5.62. The van der Waals surface area contributed by atoms with Gasteiger partial charge in [0.1, 0.15) is 11.3 Å². The molecule has 0 amide bonds. The zero-order valence-corrected chi connectivity index (χ0v) is 15.3. The molecule has 4 aromatic carbocycles. The Hall–Kier alpha value is -3.98. The summed E-state index contributed by atoms with van der Waals surface area (Å²) in [5.74, 6) is 0.449. The summed E-state index contributed by atoms with van der Waals surface area (Å²) in [5.41, 5.74) is 3.43. The molecule has 0 atom stereocenters. The van der Waals surface area contributed by atoms with Crippen LogP contribution in [-0.4, -0.2) is 11.6 Å². The quantitative estimate of drug-likeness (QED) is 0.353. The number of furan rings is 1. The lowest BCUT2D eigenvalue weighted by molar-refractivity contribution is 0.0980. The molecule has 6 rings (SSSR count). The lowest BCUT2D eigenvalue weighted by Gasteiger charge is -2.20. The first-order chi connectivity index (χ1) is 14.2. The highest BCUT2D eigenvalue weighted by Crippen LogP contribution is 2.39. The van der Waals surface area contributed by atoms with Crippen molar-refractivity contribution in [2.75, 3.05) is 0 Å². The molecule has 1 aromatic heterocycles. The zero-order chi connectivity index (χ0) is 19.5. The van der Waals surface area contributed by atoms with Gasteiger partial charge in [-0.3, -0.25) is 9.59 Å². The van der Waals surface area contributed by atoms with E-state index in [0.717, 1.165) is 27.3 Å². The molecule has 0 N–H and O–H groups in total. The molecule has 0 unspecified atom stereocenters. The van der Waals surface area contributed by atoms with Gasteiger partial charge in [0.05, 0.1) is 0 Å². The molecule has 0 fully saturated rings. The van der Waals surface area contributed by atoms with E-state index in [1.165, 1.54) is 0 Å². The maximum atomic E-state index is 13.3. The predicted molar refractivity (Wildman–Crippen MR) is 112 cm³/mol. The number of para-hydroxylation sites is 1. The average Bonchev–Trinajstić information content (AvgIpc) is 3.20. The molecular formula is C26H14O3. The van der Waals surface area contributed by atoms with Gasteiger partial charge in [0.2, 0.25) is 0 Å². The summed E-state index contributed by atoms with van der Waals surface area (Å²) in [6.07, 6.45) is 0. The normalized spacial score (nSPS) is 13.0. The molecule has 3 nitrogen and oxygen atoms in total. The first-order valence-corrected chi connectivity index (χ1v) is 9.45. The number of ketones is 2. The molecular weight excluding hydrogens is 360 g/mol. The van der Waals surface area contributed by atoms with E-state index < -0.39 is 0 Å². The lowest BCUT2D eigenvalue weighted by Crippen LogP contribution is -2.21. The first-order valence-electron chi connectivity index (χ1n) is 9.45. The topological polar surface area (TPSA) is 47.3 Å². The Kier molecular flexibility index (Phi) is 3.18. The van der Waals surface area contributed by atoms with Crippen molar-refractivity contribution in [3.63, 3.8) is 0 Å². The molecule has 0 aliphatic heterocycles. The summed E-state index contributed by atoms with van der Waals surface area (Å²) < 4.78 is 6.09. The van der Waals surface area contributed by atoms with Crippen LogP contribution in [-0.2, 0) is 0 Å². The number of fused-ring (bicyclic) bond motifs is 5. The van der Waals surface area contributed by atoms with E-state index in [9.17, 15) is 9.59 Å². The van der Waals surface area contributed by atoms with Crippen molar-refractivity contribution in [2.24, 2.45) is 0 Å². The van der Waals surface area contributed by atoms with E-state index in [1.807, 2.05) is 60.7 Å². The van der Waals surface area contributed by atoms with Crippen LogP contribution >= 0.6 is 0 Å². The molecule has 0 spiro atoms. The number of rotatable bonds is 1. The van der Waals surface area contributed by atoms with Gasteiger partial charge < -0.3 is 4.42 Å². The van der Waals surface area contributed by atoms with Gasteiger partial charge in [-0.1, -0.05) is 66.7 Å². The number of carbonyl (C=O) groups excluding carboxylic acids is 2. The van der Waals surface area contributed by atoms with Crippen LogP contribution in [0.15, 0.2) is 89.3 Å². The summed E-state index contributed by atoms with van der Waals surface area (Å²) in [6.45, 7) is 0. The van der Waals surface area contributed by atoms with E-state index in [1.54, 1.807) is 24.3 Å². The first kappa shape index (κ1) is 16.0. The fourth-order valence-corrected chi connectivity index (χ4v) is 4.28. The van der Waals surface area contributed by atoms with Crippen molar-refractivity contribution in [2.45, 2.75) is 0 Å². The maximum Gasteiger partial charge on any atom is 0.195 e. The van der Waals surface area contributed by atoms with E-state index in [2.05, 4.69) is 0 Å². The van der Waals surface area contributed by atoms with Gasteiger partial charge in [-0.25, -0.2) is 0 Å². The monoisotopic (exact) mass is 374 g/mol.